The normalized spacial score (nSPS) is 24.2. The molecule has 1 saturated heterocycles. The van der Waals surface area contributed by atoms with Crippen molar-refractivity contribution in [2.75, 3.05) is 6.54 Å². The highest BCUT2D eigenvalue weighted by Crippen LogP contribution is 2.35. The predicted octanol–water partition coefficient (Wildman–Crippen LogP) is 2.68. The fourth-order valence-corrected chi connectivity index (χ4v) is 4.13. The van der Waals surface area contributed by atoms with Crippen molar-refractivity contribution in [3.05, 3.63) is 65.5 Å². The molecule has 2 aliphatic rings. The Labute approximate surface area is 142 Å². The third kappa shape index (κ3) is 2.71. The summed E-state index contributed by atoms with van der Waals surface area (Å²) in [5, 5.41) is 3.18. The molecule has 4 rings (SSSR count). The van der Waals surface area contributed by atoms with E-state index in [2.05, 4.69) is 39.5 Å². The van der Waals surface area contributed by atoms with E-state index in [0.717, 1.165) is 38.8 Å². The molecule has 1 N–H and O–H groups in total. The number of piperidine rings is 1. The van der Waals surface area contributed by atoms with Gasteiger partial charge in [0.2, 0.25) is 5.91 Å². The summed E-state index contributed by atoms with van der Waals surface area (Å²) in [6.07, 6.45) is 7.66. The van der Waals surface area contributed by atoms with Crippen molar-refractivity contribution in [3.63, 3.8) is 0 Å². The van der Waals surface area contributed by atoms with E-state index in [-0.39, 0.29) is 5.91 Å². The monoisotopic (exact) mass is 321 g/mol. The zero-order valence-corrected chi connectivity index (χ0v) is 13.9. The van der Waals surface area contributed by atoms with Crippen LogP contribution in [0.4, 0.5) is 0 Å². The first-order valence-corrected chi connectivity index (χ1v) is 8.77. The lowest BCUT2D eigenvalue weighted by Crippen LogP contribution is -2.60. The quantitative estimate of drug-likeness (QED) is 0.925. The standard InChI is InChI=1S/C20H23N3O/c24-19-20(13-17-5-1-2-6-18(17)14-22-19)9-3-4-12-23(20)15-16-7-10-21-11-8-16/h1-2,5-8,10-11H,3-4,9,12-15H2,(H,22,24). The van der Waals surface area contributed by atoms with Crippen LogP contribution in [0.15, 0.2) is 48.8 Å². The van der Waals surface area contributed by atoms with E-state index in [1.54, 1.807) is 0 Å². The first kappa shape index (κ1) is 15.3. The second-order valence-electron chi connectivity index (χ2n) is 6.89. The van der Waals surface area contributed by atoms with Gasteiger partial charge in [0.25, 0.3) is 0 Å². The Morgan fingerprint density at radius 1 is 1.08 bits per heavy atom. The molecule has 3 heterocycles. The van der Waals surface area contributed by atoms with E-state index in [1.165, 1.54) is 16.7 Å². The number of nitrogens with zero attached hydrogens (tertiary/aromatic N) is 2. The van der Waals surface area contributed by atoms with E-state index in [4.69, 9.17) is 0 Å². The van der Waals surface area contributed by atoms with Gasteiger partial charge in [0, 0.05) is 31.9 Å². The molecule has 1 spiro atoms. The van der Waals surface area contributed by atoms with E-state index in [0.29, 0.717) is 6.54 Å². The molecular weight excluding hydrogens is 298 g/mol. The summed E-state index contributed by atoms with van der Waals surface area (Å²) < 4.78 is 0. The molecule has 2 aliphatic heterocycles. The second-order valence-corrected chi connectivity index (χ2v) is 6.89. The zero-order chi connectivity index (χ0) is 16.4. The zero-order valence-electron chi connectivity index (χ0n) is 13.9. The molecule has 1 aromatic heterocycles. The summed E-state index contributed by atoms with van der Waals surface area (Å²) in [6, 6.07) is 12.5. The SMILES string of the molecule is O=C1NCc2ccccc2CC12CCCCN2Cc1ccncc1. The summed E-state index contributed by atoms with van der Waals surface area (Å²) in [5.74, 6) is 0.187. The number of pyridine rings is 1. The van der Waals surface area contributed by atoms with Crippen molar-refractivity contribution in [1.29, 1.82) is 0 Å². The number of benzene rings is 1. The van der Waals surface area contributed by atoms with Gasteiger partial charge in [0.1, 0.15) is 5.54 Å². The number of fused-ring (bicyclic) bond motifs is 1. The Balaban J connectivity index is 1.70. The molecule has 1 aromatic carbocycles. The Morgan fingerprint density at radius 2 is 1.88 bits per heavy atom. The number of aromatic nitrogens is 1. The summed E-state index contributed by atoms with van der Waals surface area (Å²) in [5.41, 5.74) is 3.35. The summed E-state index contributed by atoms with van der Waals surface area (Å²) in [7, 11) is 0. The Bertz CT molecular complexity index is 731. The van der Waals surface area contributed by atoms with Crippen LogP contribution in [0, 0.1) is 0 Å². The molecule has 124 valence electrons. The fraction of sp³-hybridized carbons (Fsp3) is 0.400. The van der Waals surface area contributed by atoms with E-state index >= 15 is 0 Å². The number of amides is 1. The van der Waals surface area contributed by atoms with Crippen LogP contribution < -0.4 is 5.32 Å². The lowest BCUT2D eigenvalue weighted by Gasteiger charge is -2.45. The van der Waals surface area contributed by atoms with E-state index in [9.17, 15) is 4.79 Å². The van der Waals surface area contributed by atoms with Gasteiger partial charge in [0.15, 0.2) is 0 Å². The highest BCUT2D eigenvalue weighted by atomic mass is 16.2. The van der Waals surface area contributed by atoms with Gasteiger partial charge in [0.05, 0.1) is 0 Å². The van der Waals surface area contributed by atoms with Crippen molar-refractivity contribution < 1.29 is 4.79 Å². The highest BCUT2D eigenvalue weighted by Gasteiger charge is 2.46. The van der Waals surface area contributed by atoms with Gasteiger partial charge in [-0.2, -0.15) is 0 Å². The molecule has 0 radical (unpaired) electrons. The maximum atomic E-state index is 13.1. The Hall–Kier alpha value is -2.20. The van der Waals surface area contributed by atoms with Gasteiger partial charge >= 0.3 is 0 Å². The second kappa shape index (κ2) is 6.36. The van der Waals surface area contributed by atoms with Crippen molar-refractivity contribution >= 4 is 5.91 Å². The minimum atomic E-state index is -0.422. The summed E-state index contributed by atoms with van der Waals surface area (Å²) >= 11 is 0. The molecule has 2 aromatic rings. The number of carbonyl (C=O) groups is 1. The van der Waals surface area contributed by atoms with Crippen LogP contribution >= 0.6 is 0 Å². The molecular formula is C20H23N3O. The van der Waals surface area contributed by atoms with E-state index < -0.39 is 5.54 Å². The summed E-state index contributed by atoms with van der Waals surface area (Å²) in [6.45, 7) is 2.41. The van der Waals surface area contributed by atoms with Crippen molar-refractivity contribution in [1.82, 2.24) is 15.2 Å². The van der Waals surface area contributed by atoms with Gasteiger partial charge in [-0.1, -0.05) is 24.3 Å². The van der Waals surface area contributed by atoms with E-state index in [1.807, 2.05) is 24.5 Å². The van der Waals surface area contributed by atoms with Crippen molar-refractivity contribution in [2.24, 2.45) is 0 Å². The maximum absolute atomic E-state index is 13.1. The molecule has 1 amide bonds. The minimum absolute atomic E-state index is 0.187. The third-order valence-electron chi connectivity index (χ3n) is 5.46. The molecule has 0 bridgehead atoms. The van der Waals surface area contributed by atoms with Gasteiger partial charge in [-0.25, -0.2) is 0 Å². The predicted molar refractivity (Wildman–Crippen MR) is 93.2 cm³/mol. The Kier molecular flexibility index (Phi) is 4.07. The van der Waals surface area contributed by atoms with Gasteiger partial charge in [-0.3, -0.25) is 14.7 Å². The van der Waals surface area contributed by atoms with Crippen LogP contribution in [-0.4, -0.2) is 27.9 Å². The molecule has 4 nitrogen and oxygen atoms in total. The lowest BCUT2D eigenvalue weighted by atomic mass is 9.80. The first-order valence-electron chi connectivity index (χ1n) is 8.77. The molecule has 0 saturated carbocycles. The first-order chi connectivity index (χ1) is 11.8. The van der Waals surface area contributed by atoms with Crippen LogP contribution in [0.2, 0.25) is 0 Å². The number of carbonyl (C=O) groups excluding carboxylic acids is 1. The maximum Gasteiger partial charge on any atom is 0.241 e. The Morgan fingerprint density at radius 3 is 2.71 bits per heavy atom. The number of rotatable bonds is 2. The number of likely N-dealkylation sites (tertiary alicyclic amines) is 1. The largest absolute Gasteiger partial charge is 0.350 e. The minimum Gasteiger partial charge on any atom is -0.350 e. The average Bonchev–Trinajstić information content (AvgIpc) is 2.76. The van der Waals surface area contributed by atoms with Crippen LogP contribution in [0.1, 0.15) is 36.0 Å². The molecule has 1 unspecified atom stereocenters. The molecule has 4 heteroatoms. The fourth-order valence-electron chi connectivity index (χ4n) is 4.13. The molecule has 1 atom stereocenters. The number of hydrogen-bond acceptors (Lipinski definition) is 3. The van der Waals surface area contributed by atoms with Crippen molar-refractivity contribution in [2.45, 2.75) is 44.3 Å². The van der Waals surface area contributed by atoms with Gasteiger partial charge in [-0.05, 0) is 54.6 Å². The molecule has 24 heavy (non-hydrogen) atoms. The molecule has 1 fully saturated rings. The number of nitrogens with one attached hydrogen (secondary N) is 1. The molecule has 0 aliphatic carbocycles. The van der Waals surface area contributed by atoms with Crippen LogP contribution in [0.5, 0.6) is 0 Å². The van der Waals surface area contributed by atoms with Crippen molar-refractivity contribution in [3.8, 4) is 0 Å². The van der Waals surface area contributed by atoms with Crippen LogP contribution in [0.3, 0.4) is 0 Å². The summed E-state index contributed by atoms with van der Waals surface area (Å²) in [4.78, 5) is 19.6. The van der Waals surface area contributed by atoms with Crippen LogP contribution in [0.25, 0.3) is 0 Å². The average molecular weight is 321 g/mol. The van der Waals surface area contributed by atoms with Gasteiger partial charge < -0.3 is 5.32 Å². The third-order valence-corrected chi connectivity index (χ3v) is 5.46. The lowest BCUT2D eigenvalue weighted by molar-refractivity contribution is -0.136. The van der Waals surface area contributed by atoms with Crippen LogP contribution in [-0.2, 0) is 24.3 Å². The smallest absolute Gasteiger partial charge is 0.241 e. The number of hydrogen-bond donors (Lipinski definition) is 1. The van der Waals surface area contributed by atoms with Gasteiger partial charge in [-0.15, -0.1) is 0 Å². The topological polar surface area (TPSA) is 45.2 Å². The highest BCUT2D eigenvalue weighted by molar-refractivity contribution is 5.87.